The van der Waals surface area contributed by atoms with Crippen LogP contribution in [-0.2, 0) is 4.79 Å². The van der Waals surface area contributed by atoms with Crippen molar-refractivity contribution in [2.45, 2.75) is 19.0 Å². The first kappa shape index (κ1) is 11.9. The van der Waals surface area contributed by atoms with Gasteiger partial charge in [-0.1, -0.05) is 48.0 Å². The van der Waals surface area contributed by atoms with Crippen LogP contribution in [0.5, 0.6) is 0 Å². The quantitative estimate of drug-likeness (QED) is 0.834. The van der Waals surface area contributed by atoms with Gasteiger partial charge in [-0.15, -0.1) is 0 Å². The second kappa shape index (κ2) is 4.52. The number of amides is 1. The standard InChI is InChI=1S/C16H16N2O/c1-11-7-9-12(10-8-11)15-14(17)16(19)18(15)13-5-3-2-4-6-13/h2-10,14-15H,17H2,1H3/t14-,15+/m1/s1. The maximum Gasteiger partial charge on any atom is 0.247 e. The fourth-order valence-corrected chi connectivity index (χ4v) is 2.51. The Morgan fingerprint density at radius 1 is 1.00 bits per heavy atom. The van der Waals surface area contributed by atoms with Gasteiger partial charge in [0.1, 0.15) is 6.04 Å². The molecule has 0 bridgehead atoms. The lowest BCUT2D eigenvalue weighted by atomic mass is 9.88. The number of carbonyl (C=O) groups excluding carboxylic acids is 1. The third kappa shape index (κ3) is 1.92. The van der Waals surface area contributed by atoms with E-state index >= 15 is 0 Å². The lowest BCUT2D eigenvalue weighted by molar-refractivity contribution is -0.126. The van der Waals surface area contributed by atoms with E-state index in [2.05, 4.69) is 0 Å². The number of hydrogen-bond acceptors (Lipinski definition) is 2. The van der Waals surface area contributed by atoms with Gasteiger partial charge in [0, 0.05) is 5.69 Å². The van der Waals surface area contributed by atoms with Crippen LogP contribution in [0, 0.1) is 6.92 Å². The average Bonchev–Trinajstić information content (AvgIpc) is 2.46. The highest BCUT2D eigenvalue weighted by Crippen LogP contribution is 2.37. The summed E-state index contributed by atoms with van der Waals surface area (Å²) in [5, 5.41) is 0. The fourth-order valence-electron chi connectivity index (χ4n) is 2.51. The number of benzene rings is 2. The van der Waals surface area contributed by atoms with Crippen molar-refractivity contribution in [1.82, 2.24) is 0 Å². The number of nitrogens with zero attached hydrogens (tertiary/aromatic N) is 1. The van der Waals surface area contributed by atoms with Crippen LogP contribution in [0.15, 0.2) is 54.6 Å². The van der Waals surface area contributed by atoms with Gasteiger partial charge in [0.25, 0.3) is 0 Å². The van der Waals surface area contributed by atoms with Gasteiger partial charge < -0.3 is 10.6 Å². The lowest BCUT2D eigenvalue weighted by Gasteiger charge is -2.45. The van der Waals surface area contributed by atoms with Crippen LogP contribution in [0.1, 0.15) is 17.2 Å². The second-order valence-electron chi connectivity index (χ2n) is 4.93. The minimum absolute atomic E-state index is 0.0169. The molecule has 0 aromatic heterocycles. The van der Waals surface area contributed by atoms with Crippen molar-refractivity contribution in [3.05, 3.63) is 65.7 Å². The maximum atomic E-state index is 12.0. The number of aryl methyl sites for hydroxylation is 1. The smallest absolute Gasteiger partial charge is 0.247 e. The van der Waals surface area contributed by atoms with E-state index in [-0.39, 0.29) is 11.9 Å². The van der Waals surface area contributed by atoms with E-state index in [9.17, 15) is 4.79 Å². The summed E-state index contributed by atoms with van der Waals surface area (Å²) < 4.78 is 0. The molecule has 0 aliphatic carbocycles. The van der Waals surface area contributed by atoms with Crippen LogP contribution in [0.25, 0.3) is 0 Å². The summed E-state index contributed by atoms with van der Waals surface area (Å²) >= 11 is 0. The summed E-state index contributed by atoms with van der Waals surface area (Å²) in [5.74, 6) is -0.0169. The number of nitrogens with two attached hydrogens (primary N) is 1. The van der Waals surface area contributed by atoms with Crippen molar-refractivity contribution in [2.24, 2.45) is 5.73 Å². The number of rotatable bonds is 2. The molecule has 1 amide bonds. The Hall–Kier alpha value is -2.13. The van der Waals surface area contributed by atoms with Crippen molar-refractivity contribution < 1.29 is 4.79 Å². The van der Waals surface area contributed by atoms with Gasteiger partial charge in [-0.3, -0.25) is 4.79 Å². The summed E-state index contributed by atoms with van der Waals surface area (Å²) in [6.07, 6.45) is 0. The monoisotopic (exact) mass is 252 g/mol. The molecular formula is C16H16N2O. The molecule has 3 heteroatoms. The van der Waals surface area contributed by atoms with Gasteiger partial charge in [-0.25, -0.2) is 0 Å². The molecule has 1 aliphatic rings. The van der Waals surface area contributed by atoms with E-state index in [4.69, 9.17) is 5.73 Å². The third-order valence-electron chi connectivity index (χ3n) is 3.59. The molecule has 0 radical (unpaired) electrons. The zero-order valence-corrected chi connectivity index (χ0v) is 10.8. The average molecular weight is 252 g/mol. The second-order valence-corrected chi connectivity index (χ2v) is 4.93. The van der Waals surface area contributed by atoms with Crippen LogP contribution in [0.4, 0.5) is 5.69 Å². The summed E-state index contributed by atoms with van der Waals surface area (Å²) in [5.41, 5.74) is 9.16. The molecule has 1 saturated heterocycles. The van der Waals surface area contributed by atoms with Gasteiger partial charge in [0.2, 0.25) is 5.91 Å². The molecule has 1 heterocycles. The number of para-hydroxylation sites is 1. The normalized spacial score (nSPS) is 22.2. The van der Waals surface area contributed by atoms with Crippen molar-refractivity contribution in [1.29, 1.82) is 0 Å². The van der Waals surface area contributed by atoms with E-state index in [0.29, 0.717) is 0 Å². The Morgan fingerprint density at radius 2 is 1.63 bits per heavy atom. The molecule has 0 saturated carbocycles. The number of hydrogen-bond donors (Lipinski definition) is 1. The zero-order valence-electron chi connectivity index (χ0n) is 10.8. The van der Waals surface area contributed by atoms with Crippen molar-refractivity contribution in [3.8, 4) is 0 Å². The summed E-state index contributed by atoms with van der Waals surface area (Å²) in [6.45, 7) is 2.05. The van der Waals surface area contributed by atoms with E-state index in [1.54, 1.807) is 4.90 Å². The predicted molar refractivity (Wildman–Crippen MR) is 75.8 cm³/mol. The van der Waals surface area contributed by atoms with E-state index in [0.717, 1.165) is 11.3 Å². The molecule has 96 valence electrons. The highest BCUT2D eigenvalue weighted by molar-refractivity contribution is 6.05. The van der Waals surface area contributed by atoms with Crippen LogP contribution in [0.2, 0.25) is 0 Å². The number of carbonyl (C=O) groups is 1. The van der Waals surface area contributed by atoms with Crippen molar-refractivity contribution in [2.75, 3.05) is 4.90 Å². The minimum Gasteiger partial charge on any atom is -0.318 e. The predicted octanol–water partition coefficient (Wildman–Crippen LogP) is 2.41. The molecule has 2 atom stereocenters. The van der Waals surface area contributed by atoms with E-state index in [1.165, 1.54) is 5.56 Å². The molecule has 1 fully saturated rings. The van der Waals surface area contributed by atoms with Crippen molar-refractivity contribution >= 4 is 11.6 Å². The number of β-lactam (4-membered cyclic amide) rings is 1. The topological polar surface area (TPSA) is 46.3 Å². The molecule has 3 nitrogen and oxygen atoms in total. The first-order valence-corrected chi connectivity index (χ1v) is 6.39. The lowest BCUT2D eigenvalue weighted by Crippen LogP contribution is -2.63. The van der Waals surface area contributed by atoms with Gasteiger partial charge >= 0.3 is 0 Å². The van der Waals surface area contributed by atoms with Gasteiger partial charge in [-0.2, -0.15) is 0 Å². The first-order valence-electron chi connectivity index (χ1n) is 6.39. The molecule has 0 unspecified atom stereocenters. The van der Waals surface area contributed by atoms with Crippen LogP contribution in [-0.4, -0.2) is 11.9 Å². The summed E-state index contributed by atoms with van der Waals surface area (Å²) in [7, 11) is 0. The van der Waals surface area contributed by atoms with Crippen LogP contribution >= 0.6 is 0 Å². The Morgan fingerprint density at radius 3 is 2.26 bits per heavy atom. The SMILES string of the molecule is Cc1ccc([C@H]2[C@@H](N)C(=O)N2c2ccccc2)cc1. The molecule has 2 aromatic rings. The highest BCUT2D eigenvalue weighted by atomic mass is 16.2. The molecule has 2 aromatic carbocycles. The van der Waals surface area contributed by atoms with Crippen LogP contribution < -0.4 is 10.6 Å². The zero-order chi connectivity index (χ0) is 13.4. The van der Waals surface area contributed by atoms with Gasteiger partial charge in [0.15, 0.2) is 0 Å². The Bertz CT molecular complexity index is 592. The molecule has 0 spiro atoms. The van der Waals surface area contributed by atoms with Gasteiger partial charge in [-0.05, 0) is 24.6 Å². The Kier molecular flexibility index (Phi) is 2.84. The third-order valence-corrected chi connectivity index (χ3v) is 3.59. The summed E-state index contributed by atoms with van der Waals surface area (Å²) in [4.78, 5) is 13.8. The first-order chi connectivity index (χ1) is 9.18. The molecular weight excluding hydrogens is 236 g/mol. The van der Waals surface area contributed by atoms with Crippen molar-refractivity contribution in [3.63, 3.8) is 0 Å². The van der Waals surface area contributed by atoms with Crippen LogP contribution in [0.3, 0.4) is 0 Å². The molecule has 19 heavy (non-hydrogen) atoms. The molecule has 2 N–H and O–H groups in total. The Labute approximate surface area is 112 Å². The summed E-state index contributed by atoms with van der Waals surface area (Å²) in [6, 6.07) is 17.4. The molecule has 3 rings (SSSR count). The van der Waals surface area contributed by atoms with E-state index < -0.39 is 6.04 Å². The Balaban J connectivity index is 1.96. The molecule has 1 aliphatic heterocycles. The fraction of sp³-hybridized carbons (Fsp3) is 0.188. The highest BCUT2D eigenvalue weighted by Gasteiger charge is 2.46. The van der Waals surface area contributed by atoms with Gasteiger partial charge in [0.05, 0.1) is 6.04 Å². The number of anilines is 1. The van der Waals surface area contributed by atoms with E-state index in [1.807, 2.05) is 61.5 Å². The maximum absolute atomic E-state index is 12.0. The minimum atomic E-state index is -0.442. The largest absolute Gasteiger partial charge is 0.318 e.